The SMILES string of the molecule is Cc1ncc(-c2nc(N3CCOCC3)nc3c2ncn3C(C)c2ccccc2)c(C)n1. The summed E-state index contributed by atoms with van der Waals surface area (Å²) in [5.41, 5.74) is 5.29. The lowest BCUT2D eigenvalue weighted by molar-refractivity contribution is 0.122. The highest BCUT2D eigenvalue weighted by molar-refractivity contribution is 5.89. The van der Waals surface area contributed by atoms with Gasteiger partial charge in [0.1, 0.15) is 17.0 Å². The Balaban J connectivity index is 1.71. The van der Waals surface area contributed by atoms with Gasteiger partial charge in [-0.25, -0.2) is 19.9 Å². The molecule has 8 nitrogen and oxygen atoms in total. The molecule has 0 N–H and O–H groups in total. The molecule has 0 saturated carbocycles. The lowest BCUT2D eigenvalue weighted by atomic mass is 10.1. The number of rotatable bonds is 4. The van der Waals surface area contributed by atoms with E-state index < -0.39 is 0 Å². The molecule has 0 radical (unpaired) electrons. The topological polar surface area (TPSA) is 81.9 Å². The van der Waals surface area contributed by atoms with Crippen LogP contribution in [0.3, 0.4) is 0 Å². The third-order valence-electron chi connectivity index (χ3n) is 5.76. The molecule has 4 aromatic rings. The summed E-state index contributed by atoms with van der Waals surface area (Å²) in [6.45, 7) is 8.89. The van der Waals surface area contributed by atoms with Crippen LogP contribution in [0.15, 0.2) is 42.9 Å². The fourth-order valence-electron chi connectivity index (χ4n) is 3.99. The molecular weight excluding hydrogens is 390 g/mol. The molecule has 1 aliphatic heterocycles. The molecule has 1 saturated heterocycles. The van der Waals surface area contributed by atoms with Crippen molar-refractivity contribution in [3.05, 3.63) is 59.9 Å². The maximum atomic E-state index is 5.53. The molecule has 0 spiro atoms. The second-order valence-electron chi connectivity index (χ2n) is 7.80. The summed E-state index contributed by atoms with van der Waals surface area (Å²) < 4.78 is 7.64. The highest BCUT2D eigenvalue weighted by Crippen LogP contribution is 2.31. The first-order valence-corrected chi connectivity index (χ1v) is 10.5. The largest absolute Gasteiger partial charge is 0.378 e. The smallest absolute Gasteiger partial charge is 0.228 e. The van der Waals surface area contributed by atoms with Gasteiger partial charge in [0.25, 0.3) is 0 Å². The zero-order valence-electron chi connectivity index (χ0n) is 18.0. The second kappa shape index (κ2) is 8.03. The van der Waals surface area contributed by atoms with E-state index in [1.54, 1.807) is 0 Å². The van der Waals surface area contributed by atoms with Crippen molar-refractivity contribution in [1.29, 1.82) is 0 Å². The molecule has 1 fully saturated rings. The van der Waals surface area contributed by atoms with Crippen molar-refractivity contribution in [1.82, 2.24) is 29.5 Å². The van der Waals surface area contributed by atoms with Crippen molar-refractivity contribution >= 4 is 17.1 Å². The second-order valence-corrected chi connectivity index (χ2v) is 7.80. The van der Waals surface area contributed by atoms with Gasteiger partial charge < -0.3 is 14.2 Å². The van der Waals surface area contributed by atoms with E-state index in [0.717, 1.165) is 47.0 Å². The monoisotopic (exact) mass is 415 g/mol. The molecule has 0 bridgehead atoms. The minimum absolute atomic E-state index is 0.0850. The first kappa shape index (κ1) is 19.6. The van der Waals surface area contributed by atoms with E-state index in [2.05, 4.69) is 50.6 Å². The molecule has 31 heavy (non-hydrogen) atoms. The van der Waals surface area contributed by atoms with Crippen molar-refractivity contribution in [2.24, 2.45) is 0 Å². The van der Waals surface area contributed by atoms with Crippen molar-refractivity contribution in [2.75, 3.05) is 31.2 Å². The summed E-state index contributed by atoms with van der Waals surface area (Å²) in [5.74, 6) is 1.43. The summed E-state index contributed by atoms with van der Waals surface area (Å²) in [7, 11) is 0. The maximum absolute atomic E-state index is 5.53. The Morgan fingerprint density at radius 3 is 2.48 bits per heavy atom. The summed E-state index contributed by atoms with van der Waals surface area (Å²) >= 11 is 0. The molecule has 1 aliphatic rings. The number of morpholine rings is 1. The van der Waals surface area contributed by atoms with E-state index in [1.807, 2.05) is 32.4 Å². The van der Waals surface area contributed by atoms with Gasteiger partial charge in [-0.1, -0.05) is 30.3 Å². The van der Waals surface area contributed by atoms with E-state index in [1.165, 1.54) is 5.56 Å². The number of hydrogen-bond acceptors (Lipinski definition) is 7. The number of aromatic nitrogens is 6. The maximum Gasteiger partial charge on any atom is 0.228 e. The summed E-state index contributed by atoms with van der Waals surface area (Å²) in [6.07, 6.45) is 3.69. The Morgan fingerprint density at radius 1 is 0.968 bits per heavy atom. The fraction of sp³-hybridized carbons (Fsp3) is 0.348. The van der Waals surface area contributed by atoms with Gasteiger partial charge in [0.2, 0.25) is 5.95 Å². The average molecular weight is 416 g/mol. The molecule has 5 rings (SSSR count). The minimum atomic E-state index is 0.0850. The highest BCUT2D eigenvalue weighted by Gasteiger charge is 2.23. The van der Waals surface area contributed by atoms with Crippen LogP contribution < -0.4 is 4.90 Å². The Bertz CT molecular complexity index is 1220. The molecule has 3 aromatic heterocycles. The normalized spacial score (nSPS) is 15.4. The van der Waals surface area contributed by atoms with Crippen LogP contribution in [-0.4, -0.2) is 55.8 Å². The number of aryl methyl sites for hydroxylation is 2. The third-order valence-corrected chi connectivity index (χ3v) is 5.76. The predicted molar refractivity (Wildman–Crippen MR) is 119 cm³/mol. The molecule has 1 unspecified atom stereocenters. The zero-order valence-corrected chi connectivity index (χ0v) is 18.0. The average Bonchev–Trinajstić information content (AvgIpc) is 3.23. The van der Waals surface area contributed by atoms with Crippen LogP contribution in [0.2, 0.25) is 0 Å². The van der Waals surface area contributed by atoms with E-state index in [0.29, 0.717) is 19.2 Å². The van der Waals surface area contributed by atoms with Crippen molar-refractivity contribution in [2.45, 2.75) is 26.8 Å². The number of hydrogen-bond donors (Lipinski definition) is 0. The molecule has 4 heterocycles. The Morgan fingerprint density at radius 2 is 1.74 bits per heavy atom. The van der Waals surface area contributed by atoms with Crippen LogP contribution in [0, 0.1) is 13.8 Å². The molecule has 1 atom stereocenters. The van der Waals surface area contributed by atoms with Crippen LogP contribution in [-0.2, 0) is 4.74 Å². The van der Waals surface area contributed by atoms with Gasteiger partial charge in [-0.2, -0.15) is 4.98 Å². The third kappa shape index (κ3) is 3.63. The number of ether oxygens (including phenoxy) is 1. The number of nitrogens with zero attached hydrogens (tertiary/aromatic N) is 7. The van der Waals surface area contributed by atoms with Crippen molar-refractivity contribution < 1.29 is 4.74 Å². The summed E-state index contributed by atoms with van der Waals surface area (Å²) in [5, 5.41) is 0. The van der Waals surface area contributed by atoms with E-state index in [-0.39, 0.29) is 6.04 Å². The first-order valence-electron chi connectivity index (χ1n) is 10.5. The van der Waals surface area contributed by atoms with Gasteiger partial charge in [-0.3, -0.25) is 0 Å². The minimum Gasteiger partial charge on any atom is -0.378 e. The lowest BCUT2D eigenvalue weighted by Gasteiger charge is -2.27. The van der Waals surface area contributed by atoms with E-state index >= 15 is 0 Å². The van der Waals surface area contributed by atoms with Crippen molar-refractivity contribution in [3.8, 4) is 11.3 Å². The Hall–Kier alpha value is -3.39. The van der Waals surface area contributed by atoms with Crippen LogP contribution in [0.4, 0.5) is 5.95 Å². The fourth-order valence-corrected chi connectivity index (χ4v) is 3.99. The van der Waals surface area contributed by atoms with Gasteiger partial charge in [0.15, 0.2) is 5.65 Å². The highest BCUT2D eigenvalue weighted by atomic mass is 16.5. The first-order chi connectivity index (χ1) is 15.1. The van der Waals surface area contributed by atoms with E-state index in [9.17, 15) is 0 Å². The van der Waals surface area contributed by atoms with E-state index in [4.69, 9.17) is 19.7 Å². The van der Waals surface area contributed by atoms with Gasteiger partial charge >= 0.3 is 0 Å². The molecule has 0 aliphatic carbocycles. The molecule has 0 amide bonds. The Kier molecular flexibility index (Phi) is 5.07. The van der Waals surface area contributed by atoms with Crippen molar-refractivity contribution in [3.63, 3.8) is 0 Å². The van der Waals surface area contributed by atoms with Gasteiger partial charge in [-0.05, 0) is 26.3 Å². The summed E-state index contributed by atoms with van der Waals surface area (Å²) in [4.78, 5) is 25.8. The van der Waals surface area contributed by atoms with Crippen LogP contribution in [0.1, 0.15) is 30.0 Å². The zero-order chi connectivity index (χ0) is 21.4. The summed E-state index contributed by atoms with van der Waals surface area (Å²) in [6, 6.07) is 10.5. The molecular formula is C23H25N7O. The molecule has 1 aromatic carbocycles. The quantitative estimate of drug-likeness (QED) is 0.505. The predicted octanol–water partition coefficient (Wildman–Crippen LogP) is 3.35. The number of imidazole rings is 1. The molecule has 158 valence electrons. The van der Waals surface area contributed by atoms with Gasteiger partial charge in [0.05, 0.1) is 31.3 Å². The number of anilines is 1. The lowest BCUT2D eigenvalue weighted by Crippen LogP contribution is -2.37. The number of benzene rings is 1. The molecule has 8 heteroatoms. The van der Waals surface area contributed by atoms with Gasteiger partial charge in [-0.15, -0.1) is 0 Å². The van der Waals surface area contributed by atoms with Gasteiger partial charge in [0, 0.05) is 24.8 Å². The van der Waals surface area contributed by atoms with Crippen LogP contribution >= 0.6 is 0 Å². The number of fused-ring (bicyclic) bond motifs is 1. The van der Waals surface area contributed by atoms with Crippen LogP contribution in [0.5, 0.6) is 0 Å². The standard InChI is InChI=1S/C23H25N7O/c1-15-19(13-24-17(3)26-15)20-21-22(28-23(27-20)29-9-11-31-12-10-29)30(14-25-21)16(2)18-7-5-4-6-8-18/h4-8,13-14,16H,9-12H2,1-3H3. The van der Waals surface area contributed by atoms with Crippen LogP contribution in [0.25, 0.3) is 22.4 Å². The Labute approximate surface area is 181 Å².